The Morgan fingerprint density at radius 1 is 1.03 bits per heavy atom. The summed E-state index contributed by atoms with van der Waals surface area (Å²) >= 11 is 0. The highest BCUT2D eigenvalue weighted by molar-refractivity contribution is 5.94. The summed E-state index contributed by atoms with van der Waals surface area (Å²) in [6.45, 7) is 9.80. The zero-order chi connectivity index (χ0) is 23.3. The molecule has 1 spiro atoms. The number of carbonyl (C=O) groups excluding carboxylic acids is 2. The Balaban J connectivity index is 1.31. The number of hydrogen-bond acceptors (Lipinski definition) is 4. The van der Waals surface area contributed by atoms with Gasteiger partial charge in [-0.1, -0.05) is 44.2 Å². The van der Waals surface area contributed by atoms with Gasteiger partial charge in [-0.15, -0.1) is 0 Å². The lowest BCUT2D eigenvalue weighted by molar-refractivity contribution is -0.107. The lowest BCUT2D eigenvalue weighted by Gasteiger charge is -2.39. The molecule has 176 valence electrons. The number of likely N-dealkylation sites (tertiary alicyclic amines) is 2. The molecule has 2 fully saturated rings. The monoisotopic (exact) mass is 448 g/mol. The summed E-state index contributed by atoms with van der Waals surface area (Å²) in [6, 6.07) is 15.9. The van der Waals surface area contributed by atoms with Gasteiger partial charge in [-0.2, -0.15) is 0 Å². The fourth-order valence-electron chi connectivity index (χ4n) is 5.04. The second kappa shape index (κ2) is 10.5. The number of ether oxygens (including phenoxy) is 1. The average molecular weight is 449 g/mol. The summed E-state index contributed by atoms with van der Waals surface area (Å²) in [5, 5.41) is 0. The van der Waals surface area contributed by atoms with Crippen LogP contribution in [-0.2, 0) is 17.8 Å². The zero-order valence-corrected chi connectivity index (χ0v) is 20.0. The van der Waals surface area contributed by atoms with Crippen LogP contribution < -0.4 is 4.74 Å². The van der Waals surface area contributed by atoms with Crippen LogP contribution in [0, 0.1) is 11.3 Å². The maximum atomic E-state index is 13.0. The van der Waals surface area contributed by atoms with Crippen molar-refractivity contribution in [2.24, 2.45) is 11.3 Å². The van der Waals surface area contributed by atoms with Crippen LogP contribution in [0.3, 0.4) is 0 Å². The number of carbonyl (C=O) groups is 2. The summed E-state index contributed by atoms with van der Waals surface area (Å²) < 4.78 is 6.05. The van der Waals surface area contributed by atoms with Crippen LogP contribution in [0.25, 0.3) is 0 Å². The van der Waals surface area contributed by atoms with E-state index in [0.717, 1.165) is 81.8 Å². The molecule has 1 amide bonds. The molecular weight excluding hydrogens is 412 g/mol. The van der Waals surface area contributed by atoms with E-state index in [-0.39, 0.29) is 11.3 Å². The van der Waals surface area contributed by atoms with Crippen LogP contribution in [0.2, 0.25) is 0 Å². The number of rotatable bonds is 8. The fourth-order valence-corrected chi connectivity index (χ4v) is 5.04. The summed E-state index contributed by atoms with van der Waals surface area (Å²) in [6.07, 6.45) is 4.63. The van der Waals surface area contributed by atoms with Crippen molar-refractivity contribution in [1.82, 2.24) is 9.80 Å². The van der Waals surface area contributed by atoms with Crippen LogP contribution in [0.1, 0.15) is 54.6 Å². The van der Waals surface area contributed by atoms with Gasteiger partial charge < -0.3 is 14.4 Å². The third-order valence-corrected chi connectivity index (χ3v) is 7.10. The van der Waals surface area contributed by atoms with Gasteiger partial charge >= 0.3 is 0 Å². The fraction of sp³-hybridized carbons (Fsp3) is 0.500. The number of amides is 1. The minimum absolute atomic E-state index is 0.114. The Morgan fingerprint density at radius 2 is 1.73 bits per heavy atom. The lowest BCUT2D eigenvalue weighted by Crippen LogP contribution is -2.42. The van der Waals surface area contributed by atoms with E-state index >= 15 is 0 Å². The first kappa shape index (κ1) is 23.5. The molecule has 33 heavy (non-hydrogen) atoms. The van der Waals surface area contributed by atoms with Crippen molar-refractivity contribution < 1.29 is 14.3 Å². The molecule has 0 atom stereocenters. The van der Waals surface area contributed by atoms with Crippen LogP contribution in [0.15, 0.2) is 48.5 Å². The Morgan fingerprint density at radius 3 is 2.42 bits per heavy atom. The number of aldehydes is 1. The quantitative estimate of drug-likeness (QED) is 0.554. The third-order valence-electron chi connectivity index (χ3n) is 7.10. The maximum absolute atomic E-state index is 13.0. The van der Waals surface area contributed by atoms with Crippen molar-refractivity contribution in [3.63, 3.8) is 0 Å². The van der Waals surface area contributed by atoms with Crippen LogP contribution >= 0.6 is 0 Å². The van der Waals surface area contributed by atoms with E-state index in [1.807, 2.05) is 35.2 Å². The van der Waals surface area contributed by atoms with Crippen molar-refractivity contribution in [3.8, 4) is 5.75 Å². The Labute approximate surface area is 197 Å². The molecule has 0 aromatic heterocycles. The van der Waals surface area contributed by atoms with Crippen molar-refractivity contribution in [3.05, 3.63) is 65.2 Å². The summed E-state index contributed by atoms with van der Waals surface area (Å²) in [5.41, 5.74) is 3.17. The van der Waals surface area contributed by atoms with E-state index in [0.29, 0.717) is 12.3 Å². The molecule has 4 rings (SSSR count). The zero-order valence-electron chi connectivity index (χ0n) is 20.0. The highest BCUT2D eigenvalue weighted by Crippen LogP contribution is 2.41. The number of nitrogens with zero attached hydrogens (tertiary/aromatic N) is 2. The molecular formula is C28H36N2O3. The van der Waals surface area contributed by atoms with Gasteiger partial charge in [0.25, 0.3) is 5.91 Å². The van der Waals surface area contributed by atoms with Crippen LogP contribution in [0.4, 0.5) is 0 Å². The van der Waals surface area contributed by atoms with Gasteiger partial charge in [-0.25, -0.2) is 0 Å². The number of hydrogen-bond donors (Lipinski definition) is 0. The molecule has 2 heterocycles. The van der Waals surface area contributed by atoms with Gasteiger partial charge in [0, 0.05) is 37.2 Å². The first-order valence-corrected chi connectivity index (χ1v) is 12.2. The van der Waals surface area contributed by atoms with E-state index in [9.17, 15) is 9.59 Å². The van der Waals surface area contributed by atoms with Crippen molar-refractivity contribution >= 4 is 12.2 Å². The van der Waals surface area contributed by atoms with Gasteiger partial charge in [0.2, 0.25) is 0 Å². The highest BCUT2D eigenvalue weighted by Gasteiger charge is 2.42. The maximum Gasteiger partial charge on any atom is 0.253 e. The Kier molecular flexibility index (Phi) is 7.49. The van der Waals surface area contributed by atoms with Gasteiger partial charge in [0.15, 0.2) is 0 Å². The standard InChI is InChI=1S/C28H36N2O3/c1-22(2)20-33-26-6-4-3-5-25(26)19-29-15-12-28(13-16-29)14-17-30(21-28)27(32)24-9-7-23(8-10-24)11-18-31/h3-10,18,22H,11-17,19-21H2,1-2H3. The molecule has 2 aromatic rings. The second-order valence-electron chi connectivity index (χ2n) is 10.1. The van der Waals surface area contributed by atoms with Crippen molar-refractivity contribution in [1.29, 1.82) is 0 Å². The summed E-state index contributed by atoms with van der Waals surface area (Å²) in [5.74, 6) is 1.63. The molecule has 5 nitrogen and oxygen atoms in total. The molecule has 0 unspecified atom stereocenters. The minimum Gasteiger partial charge on any atom is -0.493 e. The van der Waals surface area contributed by atoms with E-state index in [1.54, 1.807) is 0 Å². The third kappa shape index (κ3) is 5.83. The topological polar surface area (TPSA) is 49.9 Å². The largest absolute Gasteiger partial charge is 0.493 e. The van der Waals surface area contributed by atoms with Gasteiger partial charge in [0.05, 0.1) is 6.61 Å². The Hall–Kier alpha value is -2.66. The van der Waals surface area contributed by atoms with Crippen LogP contribution in [-0.4, -0.2) is 54.8 Å². The predicted octanol–water partition coefficient (Wildman–Crippen LogP) is 4.59. The summed E-state index contributed by atoms with van der Waals surface area (Å²) in [7, 11) is 0. The molecule has 0 aliphatic carbocycles. The molecule has 2 aliphatic heterocycles. The molecule has 2 saturated heterocycles. The van der Waals surface area contributed by atoms with E-state index in [4.69, 9.17) is 4.74 Å². The lowest BCUT2D eigenvalue weighted by atomic mass is 9.77. The molecule has 2 aliphatic rings. The molecule has 5 heteroatoms. The number of para-hydroxylation sites is 1. The smallest absolute Gasteiger partial charge is 0.253 e. The second-order valence-corrected chi connectivity index (χ2v) is 10.1. The van der Waals surface area contributed by atoms with Gasteiger partial charge in [-0.05, 0) is 67.4 Å². The van der Waals surface area contributed by atoms with E-state index < -0.39 is 0 Å². The molecule has 0 saturated carbocycles. The van der Waals surface area contributed by atoms with Crippen LogP contribution in [0.5, 0.6) is 5.75 Å². The normalized spacial score (nSPS) is 18.1. The molecule has 0 radical (unpaired) electrons. The Bertz CT molecular complexity index is 946. The number of benzene rings is 2. The first-order chi connectivity index (χ1) is 16.0. The SMILES string of the molecule is CC(C)COc1ccccc1CN1CCC2(CC1)CCN(C(=O)c1ccc(CC=O)cc1)C2. The molecule has 2 aromatic carbocycles. The first-order valence-electron chi connectivity index (χ1n) is 12.2. The van der Waals surface area contributed by atoms with E-state index in [2.05, 4.69) is 36.9 Å². The van der Waals surface area contributed by atoms with Gasteiger partial charge in [0.1, 0.15) is 12.0 Å². The molecule has 0 N–H and O–H groups in total. The average Bonchev–Trinajstić information content (AvgIpc) is 3.24. The van der Waals surface area contributed by atoms with Crippen molar-refractivity contribution in [2.45, 2.75) is 46.1 Å². The van der Waals surface area contributed by atoms with Crippen molar-refractivity contribution in [2.75, 3.05) is 32.8 Å². The molecule has 0 bridgehead atoms. The summed E-state index contributed by atoms with van der Waals surface area (Å²) in [4.78, 5) is 28.3. The van der Waals surface area contributed by atoms with E-state index in [1.165, 1.54) is 5.56 Å². The van der Waals surface area contributed by atoms with Gasteiger partial charge in [-0.3, -0.25) is 9.69 Å². The minimum atomic E-state index is 0.114. The predicted molar refractivity (Wildman–Crippen MR) is 130 cm³/mol. The highest BCUT2D eigenvalue weighted by atomic mass is 16.5. The number of piperidine rings is 1.